The second kappa shape index (κ2) is 6.96. The van der Waals surface area contributed by atoms with E-state index in [9.17, 15) is 4.79 Å². The highest BCUT2D eigenvalue weighted by molar-refractivity contribution is 5.80. The van der Waals surface area contributed by atoms with Gasteiger partial charge in [-0.05, 0) is 32.6 Å². The van der Waals surface area contributed by atoms with Gasteiger partial charge in [-0.25, -0.2) is 0 Å². The molecule has 1 fully saturated rings. The predicted molar refractivity (Wildman–Crippen MR) is 58.7 cm³/mol. The topological polar surface area (TPSA) is 35.5 Å². The summed E-state index contributed by atoms with van der Waals surface area (Å²) in [6.07, 6.45) is 5.73. The highest BCUT2D eigenvalue weighted by Gasteiger charge is 2.22. The normalized spacial score (nSPS) is 23.7. The van der Waals surface area contributed by atoms with E-state index in [2.05, 4.69) is 6.92 Å². The van der Waals surface area contributed by atoms with Gasteiger partial charge in [0.05, 0.1) is 0 Å². The molecule has 15 heavy (non-hydrogen) atoms. The molecule has 88 valence electrons. The van der Waals surface area contributed by atoms with E-state index in [-0.39, 0.29) is 18.2 Å². The van der Waals surface area contributed by atoms with Crippen LogP contribution in [-0.4, -0.2) is 24.8 Å². The monoisotopic (exact) mass is 214 g/mol. The van der Waals surface area contributed by atoms with Gasteiger partial charge in [-0.1, -0.05) is 19.8 Å². The maximum atomic E-state index is 11.3. The van der Waals surface area contributed by atoms with Gasteiger partial charge in [-0.3, -0.25) is 4.79 Å². The number of ketones is 1. The fourth-order valence-electron chi connectivity index (χ4n) is 1.76. The molecule has 0 aromatic heterocycles. The molecule has 0 aromatic rings. The van der Waals surface area contributed by atoms with Gasteiger partial charge in [0.15, 0.2) is 12.1 Å². The number of carbonyl (C=O) groups is 1. The quantitative estimate of drug-likeness (QED) is 0.682. The Morgan fingerprint density at radius 3 is 2.87 bits per heavy atom. The standard InChI is InChI=1S/C12H22O3/c1-3-4-7-11(10(2)13)15-12-8-5-6-9-14-12/h11-12H,3-9H2,1-2H3. The number of unbranched alkanes of at least 4 members (excludes halogenated alkanes) is 1. The highest BCUT2D eigenvalue weighted by atomic mass is 16.7. The van der Waals surface area contributed by atoms with Crippen molar-refractivity contribution in [3.8, 4) is 0 Å². The summed E-state index contributed by atoms with van der Waals surface area (Å²) in [4.78, 5) is 11.3. The van der Waals surface area contributed by atoms with Crippen molar-refractivity contribution in [3.63, 3.8) is 0 Å². The molecule has 0 saturated carbocycles. The Labute approximate surface area is 92.1 Å². The fourth-order valence-corrected chi connectivity index (χ4v) is 1.76. The Kier molecular flexibility index (Phi) is 5.88. The molecule has 1 aliphatic rings. The lowest BCUT2D eigenvalue weighted by Crippen LogP contribution is -2.31. The van der Waals surface area contributed by atoms with Gasteiger partial charge in [0.25, 0.3) is 0 Å². The van der Waals surface area contributed by atoms with Gasteiger partial charge >= 0.3 is 0 Å². The molecule has 1 heterocycles. The summed E-state index contributed by atoms with van der Waals surface area (Å²) in [6.45, 7) is 4.49. The van der Waals surface area contributed by atoms with E-state index in [0.717, 1.165) is 45.1 Å². The van der Waals surface area contributed by atoms with Crippen LogP contribution in [0.15, 0.2) is 0 Å². The number of ether oxygens (including phenoxy) is 2. The summed E-state index contributed by atoms with van der Waals surface area (Å²) in [7, 11) is 0. The Hall–Kier alpha value is -0.410. The zero-order valence-electron chi connectivity index (χ0n) is 9.83. The largest absolute Gasteiger partial charge is 0.353 e. The maximum Gasteiger partial charge on any atom is 0.158 e. The van der Waals surface area contributed by atoms with Crippen molar-refractivity contribution in [3.05, 3.63) is 0 Å². The summed E-state index contributed by atoms with van der Waals surface area (Å²) in [5, 5.41) is 0. The minimum absolute atomic E-state index is 0.123. The first-order valence-corrected chi connectivity index (χ1v) is 6.01. The smallest absolute Gasteiger partial charge is 0.158 e. The first kappa shape index (κ1) is 12.7. The molecular formula is C12H22O3. The Morgan fingerprint density at radius 2 is 2.33 bits per heavy atom. The average Bonchev–Trinajstić information content (AvgIpc) is 2.25. The summed E-state index contributed by atoms with van der Waals surface area (Å²) in [5.41, 5.74) is 0. The van der Waals surface area contributed by atoms with E-state index < -0.39 is 0 Å². The van der Waals surface area contributed by atoms with E-state index in [1.54, 1.807) is 6.92 Å². The third kappa shape index (κ3) is 4.76. The molecule has 0 bridgehead atoms. The van der Waals surface area contributed by atoms with Gasteiger partial charge < -0.3 is 9.47 Å². The predicted octanol–water partition coefficient (Wildman–Crippen LogP) is 2.68. The number of rotatable bonds is 6. The molecule has 0 aliphatic carbocycles. The molecule has 1 rings (SSSR count). The van der Waals surface area contributed by atoms with Gasteiger partial charge in [0, 0.05) is 6.61 Å². The van der Waals surface area contributed by atoms with Crippen LogP contribution in [0.1, 0.15) is 52.4 Å². The molecule has 0 amide bonds. The Morgan fingerprint density at radius 1 is 1.53 bits per heavy atom. The molecule has 2 atom stereocenters. The van der Waals surface area contributed by atoms with Gasteiger partial charge in [0.1, 0.15) is 6.10 Å². The van der Waals surface area contributed by atoms with Crippen LogP contribution in [0.4, 0.5) is 0 Å². The SMILES string of the molecule is CCCCC(OC1CCCCO1)C(C)=O. The lowest BCUT2D eigenvalue weighted by atomic mass is 10.1. The van der Waals surface area contributed by atoms with Crippen molar-refractivity contribution in [2.24, 2.45) is 0 Å². The number of hydrogen-bond acceptors (Lipinski definition) is 3. The van der Waals surface area contributed by atoms with Crippen molar-refractivity contribution in [1.82, 2.24) is 0 Å². The molecule has 3 nitrogen and oxygen atoms in total. The van der Waals surface area contributed by atoms with Crippen molar-refractivity contribution < 1.29 is 14.3 Å². The second-order valence-corrected chi connectivity index (χ2v) is 4.17. The summed E-state index contributed by atoms with van der Waals surface area (Å²) in [5.74, 6) is 0.123. The Bertz CT molecular complexity index is 185. The number of Topliss-reactive ketones (excluding diaryl/α,β-unsaturated/α-hetero) is 1. The third-order valence-electron chi connectivity index (χ3n) is 2.73. The first-order chi connectivity index (χ1) is 7.24. The second-order valence-electron chi connectivity index (χ2n) is 4.17. The minimum Gasteiger partial charge on any atom is -0.353 e. The fraction of sp³-hybridized carbons (Fsp3) is 0.917. The summed E-state index contributed by atoms with van der Waals surface area (Å²) < 4.78 is 11.1. The lowest BCUT2D eigenvalue weighted by Gasteiger charge is -2.26. The zero-order chi connectivity index (χ0) is 11.1. The average molecular weight is 214 g/mol. The minimum atomic E-state index is -0.256. The van der Waals surface area contributed by atoms with Gasteiger partial charge in [-0.15, -0.1) is 0 Å². The summed E-state index contributed by atoms with van der Waals surface area (Å²) >= 11 is 0. The van der Waals surface area contributed by atoms with E-state index in [1.165, 1.54) is 0 Å². The van der Waals surface area contributed by atoms with E-state index >= 15 is 0 Å². The highest BCUT2D eigenvalue weighted by Crippen LogP contribution is 2.18. The molecule has 0 spiro atoms. The van der Waals surface area contributed by atoms with E-state index in [0.29, 0.717) is 0 Å². The van der Waals surface area contributed by atoms with Crippen LogP contribution < -0.4 is 0 Å². The van der Waals surface area contributed by atoms with Crippen LogP contribution in [0.25, 0.3) is 0 Å². The Balaban J connectivity index is 2.31. The molecule has 0 radical (unpaired) electrons. The molecule has 1 saturated heterocycles. The van der Waals surface area contributed by atoms with Crippen molar-refractivity contribution in [2.45, 2.75) is 64.8 Å². The van der Waals surface area contributed by atoms with Crippen molar-refractivity contribution in [2.75, 3.05) is 6.61 Å². The van der Waals surface area contributed by atoms with Gasteiger partial charge in [0.2, 0.25) is 0 Å². The van der Waals surface area contributed by atoms with Crippen LogP contribution >= 0.6 is 0 Å². The van der Waals surface area contributed by atoms with Crippen LogP contribution in [-0.2, 0) is 14.3 Å². The molecule has 0 N–H and O–H groups in total. The zero-order valence-corrected chi connectivity index (χ0v) is 9.83. The summed E-state index contributed by atoms with van der Waals surface area (Å²) in [6, 6.07) is 0. The van der Waals surface area contributed by atoms with Crippen LogP contribution in [0.3, 0.4) is 0 Å². The maximum absolute atomic E-state index is 11.3. The molecule has 3 heteroatoms. The third-order valence-corrected chi connectivity index (χ3v) is 2.73. The molecule has 1 aliphatic heterocycles. The van der Waals surface area contributed by atoms with Crippen molar-refractivity contribution in [1.29, 1.82) is 0 Å². The van der Waals surface area contributed by atoms with E-state index in [4.69, 9.17) is 9.47 Å². The molecule has 2 unspecified atom stereocenters. The van der Waals surface area contributed by atoms with Crippen LogP contribution in [0, 0.1) is 0 Å². The number of carbonyl (C=O) groups excluding carboxylic acids is 1. The van der Waals surface area contributed by atoms with Crippen LogP contribution in [0.5, 0.6) is 0 Å². The molecule has 0 aromatic carbocycles. The first-order valence-electron chi connectivity index (χ1n) is 6.01. The van der Waals surface area contributed by atoms with Crippen LogP contribution in [0.2, 0.25) is 0 Å². The molecular weight excluding hydrogens is 192 g/mol. The number of hydrogen-bond donors (Lipinski definition) is 0. The van der Waals surface area contributed by atoms with Crippen molar-refractivity contribution >= 4 is 5.78 Å². The van der Waals surface area contributed by atoms with Gasteiger partial charge in [-0.2, -0.15) is 0 Å². The lowest BCUT2D eigenvalue weighted by molar-refractivity contribution is -0.191. The van der Waals surface area contributed by atoms with E-state index in [1.807, 2.05) is 0 Å².